The molecule has 1 fully saturated rings. The van der Waals surface area contributed by atoms with Crippen LogP contribution in [0.5, 0.6) is 0 Å². The SMILES string of the molecule is COC(=O)c1c(Cl)cnn1[C@H]1CCN(C(=O)OC(C)(C)C)C1. The molecule has 0 aromatic carbocycles. The second-order valence-electron chi connectivity index (χ2n) is 6.15. The fourth-order valence-corrected chi connectivity index (χ4v) is 2.55. The van der Waals surface area contributed by atoms with Crippen molar-refractivity contribution >= 4 is 23.7 Å². The fourth-order valence-electron chi connectivity index (χ4n) is 2.34. The Morgan fingerprint density at radius 1 is 1.41 bits per heavy atom. The number of halogens is 1. The topological polar surface area (TPSA) is 73.7 Å². The van der Waals surface area contributed by atoms with Crippen LogP contribution in [0.4, 0.5) is 4.79 Å². The summed E-state index contributed by atoms with van der Waals surface area (Å²) in [5.41, 5.74) is -0.332. The van der Waals surface area contributed by atoms with E-state index in [1.165, 1.54) is 18.0 Å². The Morgan fingerprint density at radius 2 is 2.09 bits per heavy atom. The number of amides is 1. The maximum absolute atomic E-state index is 12.1. The van der Waals surface area contributed by atoms with E-state index in [0.717, 1.165) is 0 Å². The molecule has 0 unspecified atom stereocenters. The number of carbonyl (C=O) groups excluding carboxylic acids is 2. The lowest BCUT2D eigenvalue weighted by Gasteiger charge is -2.24. The lowest BCUT2D eigenvalue weighted by Crippen LogP contribution is -2.35. The maximum Gasteiger partial charge on any atom is 0.410 e. The molecule has 1 aliphatic rings. The molecule has 1 amide bonds. The quantitative estimate of drug-likeness (QED) is 0.779. The lowest BCUT2D eigenvalue weighted by molar-refractivity contribution is 0.0288. The number of aromatic nitrogens is 2. The van der Waals surface area contributed by atoms with Crippen molar-refractivity contribution in [1.29, 1.82) is 0 Å². The number of hydrogen-bond acceptors (Lipinski definition) is 5. The number of carbonyl (C=O) groups is 2. The normalized spacial score (nSPS) is 18.4. The van der Waals surface area contributed by atoms with Gasteiger partial charge in [0.05, 0.1) is 24.4 Å². The molecule has 7 nitrogen and oxygen atoms in total. The van der Waals surface area contributed by atoms with E-state index in [0.29, 0.717) is 19.5 Å². The van der Waals surface area contributed by atoms with E-state index in [1.807, 2.05) is 20.8 Å². The van der Waals surface area contributed by atoms with Crippen molar-refractivity contribution in [2.24, 2.45) is 0 Å². The van der Waals surface area contributed by atoms with Gasteiger partial charge in [-0.25, -0.2) is 9.59 Å². The summed E-state index contributed by atoms with van der Waals surface area (Å²) in [6, 6.07) is -0.130. The number of rotatable bonds is 2. The third-order valence-electron chi connectivity index (χ3n) is 3.29. The zero-order valence-corrected chi connectivity index (χ0v) is 13.9. The van der Waals surface area contributed by atoms with Gasteiger partial charge in [-0.1, -0.05) is 11.6 Å². The second kappa shape index (κ2) is 6.16. The first-order valence-electron chi connectivity index (χ1n) is 7.02. The fraction of sp³-hybridized carbons (Fsp3) is 0.643. The van der Waals surface area contributed by atoms with E-state index >= 15 is 0 Å². The Balaban J connectivity index is 2.11. The second-order valence-corrected chi connectivity index (χ2v) is 6.55. The molecular formula is C14H20ClN3O4. The van der Waals surface area contributed by atoms with Gasteiger partial charge in [-0.2, -0.15) is 5.10 Å². The Hall–Kier alpha value is -1.76. The summed E-state index contributed by atoms with van der Waals surface area (Å²) < 4.78 is 11.6. The van der Waals surface area contributed by atoms with Crippen LogP contribution in [0.25, 0.3) is 0 Å². The zero-order valence-electron chi connectivity index (χ0n) is 13.1. The van der Waals surface area contributed by atoms with E-state index < -0.39 is 11.6 Å². The van der Waals surface area contributed by atoms with Crippen molar-refractivity contribution in [2.75, 3.05) is 20.2 Å². The van der Waals surface area contributed by atoms with E-state index in [2.05, 4.69) is 5.10 Å². The minimum atomic E-state index is -0.543. The predicted octanol–water partition coefficient (Wildman–Crippen LogP) is 2.51. The van der Waals surface area contributed by atoms with E-state index in [4.69, 9.17) is 21.1 Å². The summed E-state index contributed by atoms with van der Waals surface area (Å²) in [5.74, 6) is -0.543. The molecule has 1 aromatic rings. The van der Waals surface area contributed by atoms with Gasteiger partial charge in [-0.05, 0) is 27.2 Å². The Morgan fingerprint density at radius 3 is 2.68 bits per heavy atom. The molecular weight excluding hydrogens is 310 g/mol. The van der Waals surface area contributed by atoms with Gasteiger partial charge in [0, 0.05) is 13.1 Å². The average molecular weight is 330 g/mol. The van der Waals surface area contributed by atoms with Crippen molar-refractivity contribution in [1.82, 2.24) is 14.7 Å². The summed E-state index contributed by atoms with van der Waals surface area (Å²) in [6.07, 6.45) is 1.71. The van der Waals surface area contributed by atoms with Gasteiger partial charge >= 0.3 is 12.1 Å². The molecule has 1 aromatic heterocycles. The molecule has 8 heteroatoms. The zero-order chi connectivity index (χ0) is 16.5. The summed E-state index contributed by atoms with van der Waals surface area (Å²) in [4.78, 5) is 25.5. The van der Waals surface area contributed by atoms with Gasteiger partial charge in [0.15, 0.2) is 5.69 Å². The molecule has 22 heavy (non-hydrogen) atoms. The van der Waals surface area contributed by atoms with E-state index in [9.17, 15) is 9.59 Å². The number of likely N-dealkylation sites (tertiary alicyclic amines) is 1. The first-order chi connectivity index (χ1) is 10.2. The Labute approximate surface area is 134 Å². The van der Waals surface area contributed by atoms with Crippen molar-refractivity contribution in [2.45, 2.75) is 38.8 Å². The van der Waals surface area contributed by atoms with Crippen LogP contribution in [-0.4, -0.2) is 52.5 Å². The lowest BCUT2D eigenvalue weighted by atomic mass is 10.2. The first-order valence-corrected chi connectivity index (χ1v) is 7.40. The van der Waals surface area contributed by atoms with Gasteiger partial charge in [-0.3, -0.25) is 4.68 Å². The summed E-state index contributed by atoms with van der Waals surface area (Å²) in [5, 5.41) is 4.38. The van der Waals surface area contributed by atoms with Crippen LogP contribution in [0.15, 0.2) is 6.20 Å². The number of nitrogens with zero attached hydrogens (tertiary/aromatic N) is 3. The molecule has 0 saturated carbocycles. The molecule has 2 rings (SSSR count). The number of ether oxygens (including phenoxy) is 2. The number of esters is 1. The van der Waals surface area contributed by atoms with Crippen molar-refractivity contribution in [3.8, 4) is 0 Å². The molecule has 1 saturated heterocycles. The maximum atomic E-state index is 12.1. The highest BCUT2D eigenvalue weighted by Crippen LogP contribution is 2.27. The summed E-state index contributed by atoms with van der Waals surface area (Å²) in [6.45, 7) is 6.41. The van der Waals surface area contributed by atoms with Crippen LogP contribution in [-0.2, 0) is 9.47 Å². The van der Waals surface area contributed by atoms with Gasteiger partial charge in [0.25, 0.3) is 0 Å². The molecule has 1 aliphatic heterocycles. The molecule has 122 valence electrons. The Kier molecular flexibility index (Phi) is 4.65. The number of methoxy groups -OCH3 is 1. The van der Waals surface area contributed by atoms with Gasteiger partial charge in [0.2, 0.25) is 0 Å². The van der Waals surface area contributed by atoms with Crippen LogP contribution in [0.1, 0.15) is 43.7 Å². The van der Waals surface area contributed by atoms with E-state index in [-0.39, 0.29) is 22.9 Å². The minimum absolute atomic E-state index is 0.130. The molecule has 0 N–H and O–H groups in total. The molecule has 0 spiro atoms. The highest BCUT2D eigenvalue weighted by molar-refractivity contribution is 6.33. The van der Waals surface area contributed by atoms with Gasteiger partial charge in [-0.15, -0.1) is 0 Å². The summed E-state index contributed by atoms with van der Waals surface area (Å²) >= 11 is 5.99. The van der Waals surface area contributed by atoms with Crippen molar-refractivity contribution in [3.63, 3.8) is 0 Å². The van der Waals surface area contributed by atoms with E-state index in [1.54, 1.807) is 4.90 Å². The highest BCUT2D eigenvalue weighted by atomic mass is 35.5. The first kappa shape index (κ1) is 16.6. The molecule has 0 radical (unpaired) electrons. The van der Waals surface area contributed by atoms with Crippen LogP contribution in [0, 0.1) is 0 Å². The van der Waals surface area contributed by atoms with Crippen LogP contribution >= 0.6 is 11.6 Å². The van der Waals surface area contributed by atoms with Crippen LogP contribution < -0.4 is 0 Å². The van der Waals surface area contributed by atoms with Gasteiger partial charge < -0.3 is 14.4 Å². The van der Waals surface area contributed by atoms with Crippen LogP contribution in [0.2, 0.25) is 5.02 Å². The molecule has 1 atom stereocenters. The average Bonchev–Trinajstić information content (AvgIpc) is 3.02. The smallest absolute Gasteiger partial charge is 0.410 e. The number of hydrogen-bond donors (Lipinski definition) is 0. The highest BCUT2D eigenvalue weighted by Gasteiger charge is 2.33. The molecule has 0 bridgehead atoms. The standard InChI is InChI=1S/C14H20ClN3O4/c1-14(2,3)22-13(20)17-6-5-9(8-17)18-11(12(19)21-4)10(15)7-16-18/h7,9H,5-6,8H2,1-4H3/t9-/m0/s1. The van der Waals surface area contributed by atoms with Crippen LogP contribution in [0.3, 0.4) is 0 Å². The minimum Gasteiger partial charge on any atom is -0.464 e. The largest absolute Gasteiger partial charge is 0.464 e. The molecule has 2 heterocycles. The third-order valence-corrected chi connectivity index (χ3v) is 3.57. The monoisotopic (exact) mass is 329 g/mol. The van der Waals surface area contributed by atoms with Crippen molar-refractivity contribution in [3.05, 3.63) is 16.9 Å². The van der Waals surface area contributed by atoms with Crippen molar-refractivity contribution < 1.29 is 19.1 Å². The molecule has 0 aliphatic carbocycles. The summed E-state index contributed by atoms with van der Waals surface area (Å²) in [7, 11) is 1.29. The predicted molar refractivity (Wildman–Crippen MR) is 80.0 cm³/mol. The van der Waals surface area contributed by atoms with Gasteiger partial charge in [0.1, 0.15) is 5.60 Å². The third kappa shape index (κ3) is 3.52. The Bertz CT molecular complexity index is 579.